The van der Waals surface area contributed by atoms with Gasteiger partial charge in [-0.15, -0.1) is 0 Å². The van der Waals surface area contributed by atoms with Gasteiger partial charge in [-0.1, -0.05) is 59.6 Å². The number of nitrogens with one attached hydrogen (secondary N) is 1. The molecule has 0 bridgehead atoms. The van der Waals surface area contributed by atoms with Crippen molar-refractivity contribution in [3.05, 3.63) is 112 Å². The van der Waals surface area contributed by atoms with E-state index in [4.69, 9.17) is 23.2 Å². The predicted molar refractivity (Wildman–Crippen MR) is 128 cm³/mol. The number of fused-ring (bicyclic) bond motifs is 1. The molecule has 0 aliphatic carbocycles. The first-order valence-corrected chi connectivity index (χ1v) is 10.9. The highest BCUT2D eigenvalue weighted by Crippen LogP contribution is 2.27. The summed E-state index contributed by atoms with van der Waals surface area (Å²) in [5.41, 5.74) is 2.89. The Morgan fingerprint density at radius 1 is 0.935 bits per heavy atom. The maximum absolute atomic E-state index is 13.2. The number of benzene rings is 3. The van der Waals surface area contributed by atoms with Crippen LogP contribution in [0.4, 0.5) is 0 Å². The van der Waals surface area contributed by atoms with Gasteiger partial charge in [-0.3, -0.25) is 9.78 Å². The molecule has 31 heavy (non-hydrogen) atoms. The molecule has 2 atom stereocenters. The molecule has 0 spiro atoms. The van der Waals surface area contributed by atoms with Gasteiger partial charge in [0.05, 0.1) is 0 Å². The molecule has 0 saturated heterocycles. The molecule has 1 N–H and O–H groups in total. The van der Waals surface area contributed by atoms with Crippen LogP contribution < -0.4 is 5.32 Å². The van der Waals surface area contributed by atoms with Crippen molar-refractivity contribution in [3.8, 4) is 0 Å². The predicted octanol–water partition coefficient (Wildman–Crippen LogP) is 6.69. The topological polar surface area (TPSA) is 42.0 Å². The third kappa shape index (κ3) is 5.07. The lowest BCUT2D eigenvalue weighted by molar-refractivity contribution is 0.0936. The van der Waals surface area contributed by atoms with Crippen LogP contribution in [-0.4, -0.2) is 16.9 Å². The van der Waals surface area contributed by atoms with Gasteiger partial charge in [0.25, 0.3) is 5.91 Å². The number of rotatable bonds is 6. The summed E-state index contributed by atoms with van der Waals surface area (Å²) in [6, 6.07) is 23.1. The Bertz CT molecular complexity index is 1180. The van der Waals surface area contributed by atoms with Gasteiger partial charge >= 0.3 is 0 Å². The van der Waals surface area contributed by atoms with E-state index in [9.17, 15) is 4.79 Å². The molecule has 5 heteroatoms. The van der Waals surface area contributed by atoms with E-state index in [1.165, 1.54) is 0 Å². The molecule has 0 aliphatic rings. The number of nitrogens with zero attached hydrogens (tertiary/aromatic N) is 1. The molecule has 4 rings (SSSR count). The number of pyridine rings is 1. The molecule has 0 radical (unpaired) electrons. The molecular weight excluding hydrogens is 427 g/mol. The summed E-state index contributed by atoms with van der Waals surface area (Å²) in [5.74, 6) is -0.0448. The molecular formula is C26H22Cl2N2O. The molecule has 0 fully saturated rings. The van der Waals surface area contributed by atoms with Crippen molar-refractivity contribution in [2.24, 2.45) is 0 Å². The summed E-state index contributed by atoms with van der Waals surface area (Å²) >= 11 is 12.2. The highest BCUT2D eigenvalue weighted by molar-refractivity contribution is 6.30. The molecule has 1 amide bonds. The standard InChI is InChI=1S/C26H22Cl2N2O/c1-17(30-26(31)23-4-2-3-19-13-14-29-16-25(19)23)24(20-7-11-22(28)12-8-20)15-18-5-9-21(27)10-6-18/h2-14,16-17,24H,15H2,1H3,(H,30,31). The van der Waals surface area contributed by atoms with E-state index < -0.39 is 0 Å². The fourth-order valence-corrected chi connectivity index (χ4v) is 4.12. The van der Waals surface area contributed by atoms with Crippen LogP contribution in [0.25, 0.3) is 10.8 Å². The van der Waals surface area contributed by atoms with E-state index in [0.717, 1.165) is 28.3 Å². The zero-order valence-corrected chi connectivity index (χ0v) is 18.6. The van der Waals surface area contributed by atoms with Crippen LogP contribution in [0.1, 0.15) is 34.3 Å². The Kier molecular flexibility index (Phi) is 6.55. The molecule has 3 nitrogen and oxygen atoms in total. The van der Waals surface area contributed by atoms with Crippen LogP contribution in [0, 0.1) is 0 Å². The number of carbonyl (C=O) groups excluding carboxylic acids is 1. The second-order valence-electron chi connectivity index (χ2n) is 7.65. The average Bonchev–Trinajstić information content (AvgIpc) is 2.79. The number of carbonyl (C=O) groups is 1. The Balaban J connectivity index is 1.61. The van der Waals surface area contributed by atoms with Gasteiger partial charge in [0.15, 0.2) is 0 Å². The second kappa shape index (κ2) is 9.51. The summed E-state index contributed by atoms with van der Waals surface area (Å²) in [6.45, 7) is 2.04. The van der Waals surface area contributed by atoms with Crippen LogP contribution >= 0.6 is 23.2 Å². The van der Waals surface area contributed by atoms with E-state index in [-0.39, 0.29) is 17.9 Å². The monoisotopic (exact) mass is 448 g/mol. The van der Waals surface area contributed by atoms with Gasteiger partial charge in [0, 0.05) is 45.3 Å². The lowest BCUT2D eigenvalue weighted by atomic mass is 9.86. The Morgan fingerprint density at radius 2 is 1.61 bits per heavy atom. The first-order chi connectivity index (χ1) is 15.0. The molecule has 2 unspecified atom stereocenters. The minimum absolute atomic E-state index is 0.0653. The fraction of sp³-hybridized carbons (Fsp3) is 0.154. The van der Waals surface area contributed by atoms with Crippen LogP contribution in [0.15, 0.2) is 85.2 Å². The average molecular weight is 449 g/mol. The third-order valence-electron chi connectivity index (χ3n) is 5.56. The van der Waals surface area contributed by atoms with Gasteiger partial charge in [0.2, 0.25) is 0 Å². The zero-order chi connectivity index (χ0) is 21.8. The Labute approximate surface area is 192 Å². The van der Waals surface area contributed by atoms with E-state index in [1.807, 2.05) is 79.7 Å². The van der Waals surface area contributed by atoms with Gasteiger partial charge < -0.3 is 5.32 Å². The van der Waals surface area contributed by atoms with Crippen LogP contribution in [0.5, 0.6) is 0 Å². The van der Waals surface area contributed by atoms with Crippen LogP contribution in [0.2, 0.25) is 10.0 Å². The van der Waals surface area contributed by atoms with Crippen molar-refractivity contribution >= 4 is 39.9 Å². The number of hydrogen-bond acceptors (Lipinski definition) is 2. The van der Waals surface area contributed by atoms with E-state index >= 15 is 0 Å². The fourth-order valence-electron chi connectivity index (χ4n) is 3.86. The highest BCUT2D eigenvalue weighted by atomic mass is 35.5. The summed E-state index contributed by atoms with van der Waals surface area (Å²) in [6.07, 6.45) is 4.23. The first-order valence-electron chi connectivity index (χ1n) is 10.1. The first kappa shape index (κ1) is 21.4. The lowest BCUT2D eigenvalue weighted by Gasteiger charge is -2.26. The third-order valence-corrected chi connectivity index (χ3v) is 6.06. The normalized spacial score (nSPS) is 13.0. The zero-order valence-electron chi connectivity index (χ0n) is 17.1. The quantitative estimate of drug-likeness (QED) is 0.357. The summed E-state index contributed by atoms with van der Waals surface area (Å²) < 4.78 is 0. The maximum Gasteiger partial charge on any atom is 0.252 e. The van der Waals surface area contributed by atoms with Gasteiger partial charge in [-0.05, 0) is 66.3 Å². The van der Waals surface area contributed by atoms with Crippen LogP contribution in [-0.2, 0) is 6.42 Å². The van der Waals surface area contributed by atoms with Crippen molar-refractivity contribution in [1.82, 2.24) is 10.3 Å². The van der Waals surface area contributed by atoms with E-state index in [1.54, 1.807) is 12.4 Å². The summed E-state index contributed by atoms with van der Waals surface area (Å²) in [4.78, 5) is 17.4. The van der Waals surface area contributed by atoms with E-state index in [0.29, 0.717) is 15.6 Å². The molecule has 0 saturated carbocycles. The Hall–Kier alpha value is -2.88. The van der Waals surface area contributed by atoms with Crippen molar-refractivity contribution in [2.45, 2.75) is 25.3 Å². The number of aromatic nitrogens is 1. The molecule has 156 valence electrons. The van der Waals surface area contributed by atoms with Crippen LogP contribution in [0.3, 0.4) is 0 Å². The maximum atomic E-state index is 13.2. The highest BCUT2D eigenvalue weighted by Gasteiger charge is 2.23. The molecule has 1 heterocycles. The number of halogens is 2. The number of hydrogen-bond donors (Lipinski definition) is 1. The largest absolute Gasteiger partial charge is 0.349 e. The Morgan fingerprint density at radius 3 is 2.32 bits per heavy atom. The number of amides is 1. The SMILES string of the molecule is CC(NC(=O)c1cccc2ccncc12)C(Cc1ccc(Cl)cc1)c1ccc(Cl)cc1. The molecule has 0 aliphatic heterocycles. The van der Waals surface area contributed by atoms with Gasteiger partial charge in [-0.25, -0.2) is 0 Å². The minimum Gasteiger partial charge on any atom is -0.349 e. The smallest absolute Gasteiger partial charge is 0.252 e. The lowest BCUT2D eigenvalue weighted by Crippen LogP contribution is -2.38. The molecule has 1 aromatic heterocycles. The van der Waals surface area contributed by atoms with Crippen molar-refractivity contribution in [2.75, 3.05) is 0 Å². The van der Waals surface area contributed by atoms with Crippen molar-refractivity contribution < 1.29 is 4.79 Å². The minimum atomic E-state index is -0.115. The molecule has 4 aromatic rings. The van der Waals surface area contributed by atoms with Gasteiger partial charge in [-0.2, -0.15) is 0 Å². The van der Waals surface area contributed by atoms with Gasteiger partial charge in [0.1, 0.15) is 0 Å². The molecule has 3 aromatic carbocycles. The second-order valence-corrected chi connectivity index (χ2v) is 8.53. The van der Waals surface area contributed by atoms with Crippen molar-refractivity contribution in [3.63, 3.8) is 0 Å². The summed E-state index contributed by atoms with van der Waals surface area (Å²) in [7, 11) is 0. The van der Waals surface area contributed by atoms with E-state index in [2.05, 4.69) is 10.3 Å². The summed E-state index contributed by atoms with van der Waals surface area (Å²) in [5, 5.41) is 6.44. The van der Waals surface area contributed by atoms with Crippen molar-refractivity contribution in [1.29, 1.82) is 0 Å².